The van der Waals surface area contributed by atoms with E-state index in [0.717, 1.165) is 31.2 Å². The van der Waals surface area contributed by atoms with E-state index in [2.05, 4.69) is 4.72 Å². The number of hydrogen-bond acceptors (Lipinski definition) is 4. The van der Waals surface area contributed by atoms with Crippen LogP contribution >= 0.6 is 0 Å². The summed E-state index contributed by atoms with van der Waals surface area (Å²) in [5.74, 6) is 0.440. The zero-order chi connectivity index (χ0) is 20.8. The minimum absolute atomic E-state index is 0.0429. The third kappa shape index (κ3) is 3.71. The summed E-state index contributed by atoms with van der Waals surface area (Å²) in [5.41, 5.74) is 2.73. The van der Waals surface area contributed by atoms with Gasteiger partial charge in [-0.25, -0.2) is 8.42 Å². The number of aryl methyl sites for hydroxylation is 2. The Bertz CT molecular complexity index is 1080. The van der Waals surface area contributed by atoms with Crippen molar-refractivity contribution in [1.82, 2.24) is 0 Å². The van der Waals surface area contributed by atoms with Gasteiger partial charge in [-0.1, -0.05) is 6.07 Å². The fourth-order valence-corrected chi connectivity index (χ4v) is 5.04. The van der Waals surface area contributed by atoms with Crippen LogP contribution in [0.25, 0.3) is 0 Å². The van der Waals surface area contributed by atoms with Gasteiger partial charge in [-0.05, 0) is 74.9 Å². The zero-order valence-electron chi connectivity index (χ0n) is 17.0. The van der Waals surface area contributed by atoms with Gasteiger partial charge < -0.3 is 9.64 Å². The van der Waals surface area contributed by atoms with Crippen molar-refractivity contribution in [1.29, 1.82) is 0 Å². The molecule has 2 aromatic rings. The topological polar surface area (TPSA) is 75.7 Å². The maximum atomic E-state index is 12.9. The first-order chi connectivity index (χ1) is 13.7. The molecular weight excluding hydrogens is 388 g/mol. The summed E-state index contributed by atoms with van der Waals surface area (Å²) in [6, 6.07) is 10.4. The lowest BCUT2D eigenvalue weighted by Gasteiger charge is -2.24. The first-order valence-corrected chi connectivity index (χ1v) is 11.4. The molecule has 0 aromatic heterocycles. The van der Waals surface area contributed by atoms with Crippen molar-refractivity contribution in [2.75, 3.05) is 23.3 Å². The van der Waals surface area contributed by atoms with E-state index in [0.29, 0.717) is 17.1 Å². The number of amides is 1. The number of carbonyl (C=O) groups is 1. The maximum absolute atomic E-state index is 12.9. The minimum Gasteiger partial charge on any atom is -0.490 e. The summed E-state index contributed by atoms with van der Waals surface area (Å²) in [4.78, 5) is 14.4. The third-order valence-electron chi connectivity index (χ3n) is 5.68. The number of nitrogens with zero attached hydrogens (tertiary/aromatic N) is 1. The van der Waals surface area contributed by atoms with E-state index in [1.54, 1.807) is 42.3 Å². The first kappa shape index (κ1) is 19.8. The zero-order valence-corrected chi connectivity index (χ0v) is 17.8. The molecule has 6 nitrogen and oxygen atoms in total. The first-order valence-electron chi connectivity index (χ1n) is 9.87. The molecule has 2 aliphatic rings. The summed E-state index contributed by atoms with van der Waals surface area (Å²) in [6.07, 6.45) is 4.17. The summed E-state index contributed by atoms with van der Waals surface area (Å²) in [5, 5.41) is 0. The van der Waals surface area contributed by atoms with Crippen molar-refractivity contribution >= 4 is 27.3 Å². The number of ether oxygens (including phenoxy) is 1. The van der Waals surface area contributed by atoms with E-state index in [-0.39, 0.29) is 17.4 Å². The smallest absolute Gasteiger partial charge is 0.261 e. The van der Waals surface area contributed by atoms with Gasteiger partial charge in [-0.15, -0.1) is 0 Å². The van der Waals surface area contributed by atoms with Gasteiger partial charge in [0.15, 0.2) is 0 Å². The van der Waals surface area contributed by atoms with Crippen LogP contribution in [0.5, 0.6) is 5.75 Å². The number of nitrogens with one attached hydrogen (secondary N) is 1. The Morgan fingerprint density at radius 1 is 1.03 bits per heavy atom. The van der Waals surface area contributed by atoms with Gasteiger partial charge in [-0.2, -0.15) is 0 Å². The molecule has 2 aromatic carbocycles. The van der Waals surface area contributed by atoms with Gasteiger partial charge in [0.2, 0.25) is 5.91 Å². The Kier molecular flexibility index (Phi) is 4.81. The lowest BCUT2D eigenvalue weighted by atomic mass is 9.92. The van der Waals surface area contributed by atoms with Crippen molar-refractivity contribution in [2.24, 2.45) is 5.41 Å². The Morgan fingerprint density at radius 2 is 1.76 bits per heavy atom. The maximum Gasteiger partial charge on any atom is 0.261 e. The average molecular weight is 415 g/mol. The third-order valence-corrected chi connectivity index (χ3v) is 7.05. The van der Waals surface area contributed by atoms with Crippen LogP contribution in [0, 0.1) is 5.41 Å². The highest BCUT2D eigenvalue weighted by Crippen LogP contribution is 2.37. The predicted octanol–water partition coefficient (Wildman–Crippen LogP) is 3.75. The SMILES string of the molecule is CN1C(=O)C(C)(C)COc2cc(NS(=O)(=O)c3ccc4c(c3)CCCC4)ccc21. The quantitative estimate of drug-likeness (QED) is 0.830. The standard InChI is InChI=1S/C22H26N2O4S/c1-22(2)14-28-20-13-17(9-11-19(20)24(3)21(22)25)23-29(26,27)18-10-8-15-6-4-5-7-16(15)12-18/h8-13,23H,4-7,14H2,1-3H3. The van der Waals surface area contributed by atoms with Gasteiger partial charge in [0.05, 0.1) is 21.7 Å². The molecule has 0 saturated carbocycles. The highest BCUT2D eigenvalue weighted by atomic mass is 32.2. The molecule has 7 heteroatoms. The molecule has 1 amide bonds. The number of anilines is 2. The molecule has 1 heterocycles. The van der Waals surface area contributed by atoms with Crippen molar-refractivity contribution in [3.63, 3.8) is 0 Å². The van der Waals surface area contributed by atoms with Gasteiger partial charge in [-0.3, -0.25) is 9.52 Å². The highest BCUT2D eigenvalue weighted by Gasteiger charge is 2.36. The molecule has 0 radical (unpaired) electrons. The molecule has 1 N–H and O–H groups in total. The lowest BCUT2D eigenvalue weighted by Crippen LogP contribution is -2.39. The summed E-state index contributed by atoms with van der Waals surface area (Å²) in [7, 11) is -2.01. The average Bonchev–Trinajstić information content (AvgIpc) is 2.78. The monoisotopic (exact) mass is 414 g/mol. The molecule has 1 aliphatic carbocycles. The normalized spacial score (nSPS) is 18.3. The van der Waals surface area contributed by atoms with E-state index in [1.807, 2.05) is 19.9 Å². The van der Waals surface area contributed by atoms with Crippen LogP contribution in [0.3, 0.4) is 0 Å². The second kappa shape index (κ2) is 7.06. The second-order valence-corrected chi connectivity index (χ2v) is 10.1. The Balaban J connectivity index is 1.62. The van der Waals surface area contributed by atoms with Crippen LogP contribution in [-0.2, 0) is 27.7 Å². The highest BCUT2D eigenvalue weighted by molar-refractivity contribution is 7.92. The molecule has 0 saturated heterocycles. The van der Waals surface area contributed by atoms with E-state index < -0.39 is 15.4 Å². The van der Waals surface area contributed by atoms with Gasteiger partial charge in [0, 0.05) is 13.1 Å². The molecule has 0 spiro atoms. The molecule has 0 bridgehead atoms. The van der Waals surface area contributed by atoms with Crippen LogP contribution in [0.1, 0.15) is 37.8 Å². The molecule has 29 heavy (non-hydrogen) atoms. The van der Waals surface area contributed by atoms with Gasteiger partial charge in [0.25, 0.3) is 10.0 Å². The molecule has 4 rings (SSSR count). The molecule has 0 unspecified atom stereocenters. The Hall–Kier alpha value is -2.54. The number of fused-ring (bicyclic) bond motifs is 2. The Labute approximate surface area is 171 Å². The van der Waals surface area contributed by atoms with Crippen LogP contribution in [0.2, 0.25) is 0 Å². The van der Waals surface area contributed by atoms with Crippen molar-refractivity contribution < 1.29 is 17.9 Å². The van der Waals surface area contributed by atoms with E-state index >= 15 is 0 Å². The van der Waals surface area contributed by atoms with Crippen LogP contribution in [-0.4, -0.2) is 28.0 Å². The summed E-state index contributed by atoms with van der Waals surface area (Å²) < 4.78 is 34.3. The fraction of sp³-hybridized carbons (Fsp3) is 0.409. The summed E-state index contributed by atoms with van der Waals surface area (Å²) >= 11 is 0. The van der Waals surface area contributed by atoms with E-state index in [1.165, 1.54) is 5.56 Å². The predicted molar refractivity (Wildman–Crippen MR) is 113 cm³/mol. The van der Waals surface area contributed by atoms with Gasteiger partial charge in [0.1, 0.15) is 12.4 Å². The van der Waals surface area contributed by atoms with E-state index in [4.69, 9.17) is 4.74 Å². The number of rotatable bonds is 3. The van der Waals surface area contributed by atoms with Gasteiger partial charge >= 0.3 is 0 Å². The largest absolute Gasteiger partial charge is 0.490 e. The second-order valence-electron chi connectivity index (χ2n) is 8.46. The lowest BCUT2D eigenvalue weighted by molar-refractivity contribution is -0.127. The molecule has 154 valence electrons. The fourth-order valence-electron chi connectivity index (χ4n) is 3.94. The van der Waals surface area contributed by atoms with Crippen LogP contribution in [0.4, 0.5) is 11.4 Å². The molecular formula is C22H26N2O4S. The van der Waals surface area contributed by atoms with Crippen molar-refractivity contribution in [2.45, 2.75) is 44.4 Å². The van der Waals surface area contributed by atoms with Crippen molar-refractivity contribution in [3.05, 3.63) is 47.5 Å². The Morgan fingerprint density at radius 3 is 2.52 bits per heavy atom. The number of sulfonamides is 1. The molecule has 0 atom stereocenters. The molecule has 1 aliphatic heterocycles. The van der Waals surface area contributed by atoms with Crippen LogP contribution < -0.4 is 14.4 Å². The van der Waals surface area contributed by atoms with Crippen LogP contribution in [0.15, 0.2) is 41.3 Å². The van der Waals surface area contributed by atoms with E-state index in [9.17, 15) is 13.2 Å². The molecule has 0 fully saturated rings. The number of benzene rings is 2. The van der Waals surface area contributed by atoms with Crippen molar-refractivity contribution in [3.8, 4) is 5.75 Å². The minimum atomic E-state index is -3.72. The number of carbonyl (C=O) groups excluding carboxylic acids is 1. The number of hydrogen-bond donors (Lipinski definition) is 1. The summed E-state index contributed by atoms with van der Waals surface area (Å²) in [6.45, 7) is 3.89.